The van der Waals surface area contributed by atoms with Gasteiger partial charge in [0.1, 0.15) is 0 Å². The molecule has 2 amide bonds. The van der Waals surface area contributed by atoms with E-state index in [2.05, 4.69) is 21.8 Å². The summed E-state index contributed by atoms with van der Waals surface area (Å²) in [4.78, 5) is 36.7. The fourth-order valence-electron chi connectivity index (χ4n) is 4.76. The summed E-state index contributed by atoms with van der Waals surface area (Å²) < 4.78 is 0. The van der Waals surface area contributed by atoms with Gasteiger partial charge in [-0.15, -0.1) is 0 Å². The van der Waals surface area contributed by atoms with Crippen LogP contribution in [0.1, 0.15) is 53.7 Å². The first-order chi connectivity index (χ1) is 13.4. The molecule has 1 spiro atoms. The van der Waals surface area contributed by atoms with Gasteiger partial charge in [0.05, 0.1) is 5.56 Å². The molecule has 1 aliphatic carbocycles. The van der Waals surface area contributed by atoms with Crippen molar-refractivity contribution in [2.75, 3.05) is 39.8 Å². The molecule has 6 nitrogen and oxygen atoms in total. The molecule has 0 aromatic carbocycles. The molecule has 1 aromatic rings. The SMILES string of the molecule is Cc1cc(C)c(C(=O)N2CCN(C)[C@]3(CCC(=O)N(CC4CC4)CC3)C2)cn1. The minimum atomic E-state index is -0.103. The molecular weight excluding hydrogens is 352 g/mol. The summed E-state index contributed by atoms with van der Waals surface area (Å²) in [7, 11) is 2.15. The van der Waals surface area contributed by atoms with E-state index in [1.165, 1.54) is 12.8 Å². The van der Waals surface area contributed by atoms with Crippen LogP contribution in [0, 0.1) is 19.8 Å². The van der Waals surface area contributed by atoms with Gasteiger partial charge in [-0.3, -0.25) is 19.5 Å². The summed E-state index contributed by atoms with van der Waals surface area (Å²) in [5.74, 6) is 1.08. The van der Waals surface area contributed by atoms with E-state index in [9.17, 15) is 9.59 Å². The second-order valence-electron chi connectivity index (χ2n) is 9.05. The van der Waals surface area contributed by atoms with Crippen LogP contribution in [0.5, 0.6) is 0 Å². The fourth-order valence-corrected chi connectivity index (χ4v) is 4.76. The Labute approximate surface area is 167 Å². The predicted molar refractivity (Wildman–Crippen MR) is 108 cm³/mol. The van der Waals surface area contributed by atoms with Gasteiger partial charge in [0.25, 0.3) is 5.91 Å². The van der Waals surface area contributed by atoms with E-state index in [-0.39, 0.29) is 11.4 Å². The lowest BCUT2D eigenvalue weighted by molar-refractivity contribution is -0.130. The Morgan fingerprint density at radius 3 is 2.71 bits per heavy atom. The number of rotatable bonds is 3. The Morgan fingerprint density at radius 2 is 2.00 bits per heavy atom. The number of hydrogen-bond acceptors (Lipinski definition) is 4. The van der Waals surface area contributed by atoms with Gasteiger partial charge < -0.3 is 9.80 Å². The van der Waals surface area contributed by atoms with Crippen LogP contribution in [0.4, 0.5) is 0 Å². The number of pyridine rings is 1. The second-order valence-corrected chi connectivity index (χ2v) is 9.05. The first-order valence-electron chi connectivity index (χ1n) is 10.6. The van der Waals surface area contributed by atoms with Gasteiger partial charge in [0.15, 0.2) is 0 Å². The van der Waals surface area contributed by atoms with Crippen molar-refractivity contribution in [2.45, 2.75) is 51.5 Å². The lowest BCUT2D eigenvalue weighted by atomic mass is 9.86. The third-order valence-corrected chi connectivity index (χ3v) is 6.94. The number of aryl methyl sites for hydroxylation is 2. The lowest BCUT2D eigenvalue weighted by Gasteiger charge is -2.49. The Balaban J connectivity index is 1.50. The van der Waals surface area contributed by atoms with Crippen LogP contribution in [0.25, 0.3) is 0 Å². The number of likely N-dealkylation sites (tertiary alicyclic amines) is 1. The fraction of sp³-hybridized carbons (Fsp3) is 0.682. The van der Waals surface area contributed by atoms with Crippen LogP contribution in [-0.2, 0) is 4.79 Å². The second kappa shape index (κ2) is 7.47. The molecule has 0 radical (unpaired) electrons. The number of hydrogen-bond donors (Lipinski definition) is 0. The molecule has 1 saturated carbocycles. The highest BCUT2D eigenvalue weighted by atomic mass is 16.2. The Bertz CT molecular complexity index is 776. The molecule has 3 heterocycles. The van der Waals surface area contributed by atoms with Crippen LogP contribution >= 0.6 is 0 Å². The van der Waals surface area contributed by atoms with Crippen molar-refractivity contribution in [3.05, 3.63) is 29.1 Å². The monoisotopic (exact) mass is 384 g/mol. The maximum Gasteiger partial charge on any atom is 0.255 e. The number of nitrogens with zero attached hydrogens (tertiary/aromatic N) is 4. The van der Waals surface area contributed by atoms with Gasteiger partial charge in [-0.25, -0.2) is 0 Å². The van der Waals surface area contributed by atoms with E-state index in [1.54, 1.807) is 6.20 Å². The van der Waals surface area contributed by atoms with Gasteiger partial charge in [0.2, 0.25) is 5.91 Å². The molecule has 2 aliphatic heterocycles. The number of likely N-dealkylation sites (N-methyl/N-ethyl adjacent to an activating group) is 1. The van der Waals surface area contributed by atoms with E-state index < -0.39 is 0 Å². The van der Waals surface area contributed by atoms with Gasteiger partial charge in [0, 0.05) is 56.6 Å². The standard InChI is InChI=1S/C22H32N4O2/c1-16-12-17(2)23-13-19(16)21(28)26-11-10-24(3)22(15-26)7-6-20(27)25(9-8-22)14-18-4-5-18/h12-13,18H,4-11,14-15H2,1-3H3/t22-/m0/s1. The average molecular weight is 385 g/mol. The summed E-state index contributed by atoms with van der Waals surface area (Å²) in [6.07, 6.45) is 6.60. The molecular formula is C22H32N4O2. The summed E-state index contributed by atoms with van der Waals surface area (Å²) >= 11 is 0. The number of carbonyl (C=O) groups excluding carboxylic acids is 2. The first kappa shape index (κ1) is 19.4. The van der Waals surface area contributed by atoms with E-state index in [4.69, 9.17) is 0 Å². The molecule has 0 N–H and O–H groups in total. The summed E-state index contributed by atoms with van der Waals surface area (Å²) in [5.41, 5.74) is 2.51. The van der Waals surface area contributed by atoms with Crippen molar-refractivity contribution < 1.29 is 9.59 Å². The highest BCUT2D eigenvalue weighted by Gasteiger charge is 2.44. The Morgan fingerprint density at radius 1 is 1.21 bits per heavy atom. The van der Waals surface area contributed by atoms with Crippen molar-refractivity contribution in [2.24, 2.45) is 5.92 Å². The van der Waals surface area contributed by atoms with Crippen molar-refractivity contribution in [3.8, 4) is 0 Å². The molecule has 6 heteroatoms. The zero-order chi connectivity index (χ0) is 19.9. The molecule has 2 saturated heterocycles. The van der Waals surface area contributed by atoms with Gasteiger partial charge in [-0.2, -0.15) is 0 Å². The van der Waals surface area contributed by atoms with Crippen LogP contribution in [0.3, 0.4) is 0 Å². The molecule has 3 fully saturated rings. The maximum absolute atomic E-state index is 13.2. The lowest BCUT2D eigenvalue weighted by Crippen LogP contribution is -2.62. The molecule has 1 atom stereocenters. The highest BCUT2D eigenvalue weighted by molar-refractivity contribution is 5.95. The summed E-state index contributed by atoms with van der Waals surface area (Å²) in [6.45, 7) is 7.93. The Hall–Kier alpha value is -1.95. The van der Waals surface area contributed by atoms with Crippen molar-refractivity contribution >= 4 is 11.8 Å². The van der Waals surface area contributed by atoms with Crippen molar-refractivity contribution in [3.63, 3.8) is 0 Å². The molecule has 0 bridgehead atoms. The normalized spacial score (nSPS) is 26.6. The quantitative estimate of drug-likeness (QED) is 0.802. The molecule has 0 unspecified atom stereocenters. The van der Waals surface area contributed by atoms with E-state index in [0.29, 0.717) is 24.4 Å². The highest BCUT2D eigenvalue weighted by Crippen LogP contribution is 2.35. The smallest absolute Gasteiger partial charge is 0.255 e. The zero-order valence-corrected chi connectivity index (χ0v) is 17.4. The zero-order valence-electron chi connectivity index (χ0n) is 17.4. The number of amides is 2. The minimum Gasteiger partial charge on any atom is -0.342 e. The average Bonchev–Trinajstić information content (AvgIpc) is 3.49. The van der Waals surface area contributed by atoms with Crippen molar-refractivity contribution in [1.29, 1.82) is 0 Å². The predicted octanol–water partition coefficient (Wildman–Crippen LogP) is 2.25. The largest absolute Gasteiger partial charge is 0.342 e. The maximum atomic E-state index is 13.2. The number of piperazine rings is 1. The van der Waals surface area contributed by atoms with E-state index >= 15 is 0 Å². The molecule has 152 valence electrons. The third kappa shape index (κ3) is 3.79. The minimum absolute atomic E-state index is 0.0721. The van der Waals surface area contributed by atoms with Crippen LogP contribution in [0.2, 0.25) is 0 Å². The van der Waals surface area contributed by atoms with E-state index in [1.807, 2.05) is 24.8 Å². The Kier molecular flexibility index (Phi) is 5.17. The van der Waals surface area contributed by atoms with Gasteiger partial charge >= 0.3 is 0 Å². The summed E-state index contributed by atoms with van der Waals surface area (Å²) in [6, 6.07) is 1.97. The van der Waals surface area contributed by atoms with Crippen LogP contribution < -0.4 is 0 Å². The molecule has 1 aromatic heterocycles. The molecule has 28 heavy (non-hydrogen) atoms. The van der Waals surface area contributed by atoms with Gasteiger partial charge in [-0.05, 0) is 64.1 Å². The number of carbonyl (C=O) groups is 2. The first-order valence-corrected chi connectivity index (χ1v) is 10.6. The summed E-state index contributed by atoms with van der Waals surface area (Å²) in [5, 5.41) is 0. The topological polar surface area (TPSA) is 56.8 Å². The van der Waals surface area contributed by atoms with Gasteiger partial charge in [-0.1, -0.05) is 0 Å². The van der Waals surface area contributed by atoms with E-state index in [0.717, 1.165) is 56.2 Å². The molecule has 3 aliphatic rings. The number of aromatic nitrogens is 1. The van der Waals surface area contributed by atoms with Crippen molar-refractivity contribution in [1.82, 2.24) is 19.7 Å². The third-order valence-electron chi connectivity index (χ3n) is 6.94. The van der Waals surface area contributed by atoms with Crippen LogP contribution in [0.15, 0.2) is 12.3 Å². The molecule has 4 rings (SSSR count). The van der Waals surface area contributed by atoms with Crippen LogP contribution in [-0.4, -0.2) is 76.8 Å².